The molecular formula is C17H14F3NO3. The Morgan fingerprint density at radius 2 is 1.88 bits per heavy atom. The van der Waals surface area contributed by atoms with Crippen LogP contribution < -0.4 is 14.8 Å². The zero-order valence-corrected chi connectivity index (χ0v) is 12.7. The molecule has 2 aromatic carbocycles. The third-order valence-electron chi connectivity index (χ3n) is 3.64. The van der Waals surface area contributed by atoms with Crippen molar-refractivity contribution in [3.63, 3.8) is 0 Å². The summed E-state index contributed by atoms with van der Waals surface area (Å²) in [5.41, 5.74) is -3.13. The van der Waals surface area contributed by atoms with Gasteiger partial charge < -0.3 is 14.8 Å². The highest BCUT2D eigenvalue weighted by molar-refractivity contribution is 5.98. The Hall–Kier alpha value is -2.70. The number of halogens is 3. The number of carbonyl (C=O) groups excluding carboxylic acids is 1. The fraction of sp³-hybridized carbons (Fsp3) is 0.235. The summed E-state index contributed by atoms with van der Waals surface area (Å²) in [7, 11) is 0. The van der Waals surface area contributed by atoms with Crippen LogP contribution in [0.5, 0.6) is 11.5 Å². The van der Waals surface area contributed by atoms with Crippen LogP contribution in [0.4, 0.5) is 13.2 Å². The topological polar surface area (TPSA) is 47.6 Å². The Morgan fingerprint density at radius 1 is 1.17 bits per heavy atom. The average Bonchev–Trinajstić information content (AvgIpc) is 2.54. The molecule has 1 aliphatic rings. The molecule has 1 aliphatic heterocycles. The van der Waals surface area contributed by atoms with Gasteiger partial charge in [-0.2, -0.15) is 13.2 Å². The highest BCUT2D eigenvalue weighted by atomic mass is 19.4. The minimum atomic E-state index is -4.86. The summed E-state index contributed by atoms with van der Waals surface area (Å²) in [4.78, 5) is 12.3. The van der Waals surface area contributed by atoms with Crippen molar-refractivity contribution < 1.29 is 27.4 Å². The van der Waals surface area contributed by atoms with Gasteiger partial charge in [-0.25, -0.2) is 0 Å². The van der Waals surface area contributed by atoms with E-state index in [4.69, 9.17) is 9.47 Å². The third kappa shape index (κ3) is 2.55. The molecule has 3 rings (SSSR count). The molecule has 0 radical (unpaired) electrons. The fourth-order valence-corrected chi connectivity index (χ4v) is 2.55. The minimum Gasteiger partial charge on any atom is -0.494 e. The van der Waals surface area contributed by atoms with Crippen molar-refractivity contribution in [1.82, 2.24) is 5.32 Å². The largest absolute Gasteiger partial charge is 0.494 e. The second-order valence-electron chi connectivity index (χ2n) is 5.19. The van der Waals surface area contributed by atoms with Gasteiger partial charge in [0.1, 0.15) is 11.5 Å². The van der Waals surface area contributed by atoms with Crippen LogP contribution in [-0.2, 0) is 5.72 Å². The molecule has 0 bridgehead atoms. The molecule has 0 unspecified atom stereocenters. The van der Waals surface area contributed by atoms with E-state index in [1.807, 2.05) is 5.32 Å². The molecule has 0 saturated carbocycles. The van der Waals surface area contributed by atoms with E-state index < -0.39 is 17.8 Å². The summed E-state index contributed by atoms with van der Waals surface area (Å²) < 4.78 is 52.0. The number of rotatable bonds is 3. The van der Waals surface area contributed by atoms with E-state index in [9.17, 15) is 18.0 Å². The van der Waals surface area contributed by atoms with Crippen molar-refractivity contribution in [2.24, 2.45) is 0 Å². The zero-order chi connectivity index (χ0) is 17.4. The van der Waals surface area contributed by atoms with Crippen LogP contribution in [0.1, 0.15) is 22.8 Å². The number of carbonyl (C=O) groups is 1. The number of hydrogen-bond donors (Lipinski definition) is 1. The second kappa shape index (κ2) is 5.74. The standard InChI is InChI=1S/C17H14F3NO3/c1-2-23-12-8-9-13-14(10-12)24-16(17(18,19)20,21-15(13)22)11-6-4-3-5-7-11/h3-10H,2H2,1H3,(H,21,22)/t16-/m0/s1. The molecule has 2 aromatic rings. The molecule has 4 nitrogen and oxygen atoms in total. The highest BCUT2D eigenvalue weighted by Gasteiger charge is 2.62. The van der Waals surface area contributed by atoms with Crippen LogP contribution in [0.25, 0.3) is 0 Å². The minimum absolute atomic E-state index is 0.0225. The summed E-state index contributed by atoms with van der Waals surface area (Å²) in [6.07, 6.45) is -4.86. The highest BCUT2D eigenvalue weighted by Crippen LogP contribution is 2.44. The lowest BCUT2D eigenvalue weighted by Gasteiger charge is -2.40. The van der Waals surface area contributed by atoms with Crippen molar-refractivity contribution in [1.29, 1.82) is 0 Å². The van der Waals surface area contributed by atoms with Crippen molar-refractivity contribution in [3.8, 4) is 11.5 Å². The zero-order valence-electron chi connectivity index (χ0n) is 12.7. The van der Waals surface area contributed by atoms with Crippen molar-refractivity contribution in [3.05, 3.63) is 59.7 Å². The lowest BCUT2D eigenvalue weighted by Crippen LogP contribution is -2.62. The molecule has 1 N–H and O–H groups in total. The maximum Gasteiger partial charge on any atom is 0.453 e. The van der Waals surface area contributed by atoms with E-state index in [1.54, 1.807) is 13.0 Å². The molecule has 1 heterocycles. The molecular weight excluding hydrogens is 323 g/mol. The smallest absolute Gasteiger partial charge is 0.453 e. The van der Waals surface area contributed by atoms with Gasteiger partial charge in [0.2, 0.25) is 0 Å². The van der Waals surface area contributed by atoms with E-state index in [2.05, 4.69) is 0 Å². The quantitative estimate of drug-likeness (QED) is 0.930. The van der Waals surface area contributed by atoms with Crippen LogP contribution in [0, 0.1) is 0 Å². The number of ether oxygens (including phenoxy) is 2. The normalized spacial score (nSPS) is 19.9. The lowest BCUT2D eigenvalue weighted by atomic mass is 9.98. The predicted octanol–water partition coefficient (Wildman–Crippen LogP) is 3.62. The fourth-order valence-electron chi connectivity index (χ4n) is 2.55. The van der Waals surface area contributed by atoms with Crippen molar-refractivity contribution in [2.75, 3.05) is 6.61 Å². The van der Waals surface area contributed by atoms with Crippen LogP contribution in [0.3, 0.4) is 0 Å². The number of nitrogens with one attached hydrogen (secondary N) is 1. The van der Waals surface area contributed by atoms with E-state index in [0.29, 0.717) is 12.4 Å². The first kappa shape index (κ1) is 16.2. The predicted molar refractivity (Wildman–Crippen MR) is 79.9 cm³/mol. The summed E-state index contributed by atoms with van der Waals surface area (Å²) in [5.74, 6) is -0.707. The Morgan fingerprint density at radius 3 is 2.50 bits per heavy atom. The van der Waals surface area contributed by atoms with Gasteiger partial charge in [-0.15, -0.1) is 0 Å². The van der Waals surface area contributed by atoms with Crippen molar-refractivity contribution >= 4 is 5.91 Å². The van der Waals surface area contributed by atoms with Gasteiger partial charge in [-0.1, -0.05) is 30.3 Å². The molecule has 0 saturated heterocycles. The second-order valence-corrected chi connectivity index (χ2v) is 5.19. The van der Waals surface area contributed by atoms with Gasteiger partial charge in [0.25, 0.3) is 5.91 Å². The monoisotopic (exact) mass is 337 g/mol. The lowest BCUT2D eigenvalue weighted by molar-refractivity contribution is -0.265. The Bertz CT molecular complexity index is 761. The van der Waals surface area contributed by atoms with E-state index in [-0.39, 0.29) is 16.9 Å². The van der Waals surface area contributed by atoms with Gasteiger partial charge in [0.15, 0.2) is 0 Å². The van der Waals surface area contributed by atoms with Gasteiger partial charge in [-0.05, 0) is 19.1 Å². The molecule has 1 atom stereocenters. The van der Waals surface area contributed by atoms with Crippen LogP contribution in [-0.4, -0.2) is 18.7 Å². The first-order chi connectivity index (χ1) is 11.4. The van der Waals surface area contributed by atoms with Gasteiger partial charge in [0, 0.05) is 11.6 Å². The Balaban J connectivity index is 2.14. The van der Waals surface area contributed by atoms with Crippen LogP contribution >= 0.6 is 0 Å². The molecule has 0 aliphatic carbocycles. The number of alkyl halides is 3. The SMILES string of the molecule is CCOc1ccc2c(c1)O[C@@](c1ccccc1)(C(F)(F)F)NC2=O. The third-order valence-corrected chi connectivity index (χ3v) is 3.64. The Kier molecular flexibility index (Phi) is 3.87. The maximum absolute atomic E-state index is 13.8. The summed E-state index contributed by atoms with van der Waals surface area (Å²) in [6.45, 7) is 2.09. The molecule has 0 aromatic heterocycles. The van der Waals surface area contributed by atoms with E-state index in [0.717, 1.165) is 0 Å². The van der Waals surface area contributed by atoms with Crippen LogP contribution in [0.2, 0.25) is 0 Å². The molecule has 126 valence electrons. The molecule has 1 amide bonds. The van der Waals surface area contributed by atoms with E-state index >= 15 is 0 Å². The first-order valence-electron chi connectivity index (χ1n) is 7.28. The number of benzene rings is 2. The van der Waals surface area contributed by atoms with Gasteiger partial charge >= 0.3 is 11.9 Å². The van der Waals surface area contributed by atoms with Crippen molar-refractivity contribution in [2.45, 2.75) is 18.8 Å². The number of fused-ring (bicyclic) bond motifs is 1. The van der Waals surface area contributed by atoms with Gasteiger partial charge in [-0.3, -0.25) is 4.79 Å². The first-order valence-corrected chi connectivity index (χ1v) is 7.28. The molecule has 7 heteroatoms. The van der Waals surface area contributed by atoms with Crippen LogP contribution in [0.15, 0.2) is 48.5 Å². The summed E-state index contributed by atoms with van der Waals surface area (Å²) >= 11 is 0. The number of hydrogen-bond acceptors (Lipinski definition) is 3. The van der Waals surface area contributed by atoms with E-state index in [1.165, 1.54) is 42.5 Å². The molecule has 24 heavy (non-hydrogen) atoms. The summed E-state index contributed by atoms with van der Waals surface area (Å²) in [6, 6.07) is 11.2. The van der Waals surface area contributed by atoms with Gasteiger partial charge in [0.05, 0.1) is 12.2 Å². The summed E-state index contributed by atoms with van der Waals surface area (Å²) in [5, 5.41) is 1.97. The average molecular weight is 337 g/mol. The molecule has 0 spiro atoms. The Labute approximate surface area is 136 Å². The maximum atomic E-state index is 13.8. The number of amides is 1. The molecule has 0 fully saturated rings.